The molecule has 0 saturated carbocycles. The van der Waals surface area contributed by atoms with E-state index in [0.29, 0.717) is 51.9 Å². The number of nitrogens with zero attached hydrogens (tertiary/aromatic N) is 2. The summed E-state index contributed by atoms with van der Waals surface area (Å²) in [5, 5.41) is 11.6. The Bertz CT molecular complexity index is 1600. The average Bonchev–Trinajstić information content (AvgIpc) is 3.49. The summed E-state index contributed by atoms with van der Waals surface area (Å²) < 4.78 is 16.8. The van der Waals surface area contributed by atoms with Crippen molar-refractivity contribution >= 4 is 34.4 Å². The second kappa shape index (κ2) is 10.8. The van der Waals surface area contributed by atoms with Gasteiger partial charge in [-0.3, -0.25) is 14.5 Å². The van der Waals surface area contributed by atoms with Gasteiger partial charge in [0.15, 0.2) is 11.5 Å². The van der Waals surface area contributed by atoms with Crippen LogP contribution in [0.4, 0.5) is 5.95 Å². The van der Waals surface area contributed by atoms with Crippen molar-refractivity contribution in [3.05, 3.63) is 82.9 Å². The van der Waals surface area contributed by atoms with Crippen molar-refractivity contribution in [3.63, 3.8) is 0 Å². The van der Waals surface area contributed by atoms with Crippen LogP contribution < -0.4 is 19.1 Å². The molecule has 9 heteroatoms. The molecule has 1 unspecified atom stereocenters. The highest BCUT2D eigenvalue weighted by atomic mass is 16.5. The number of anilines is 1. The normalized spacial score (nSPS) is 16.6. The van der Waals surface area contributed by atoms with Gasteiger partial charge in [-0.15, -0.1) is 0 Å². The molecule has 5 rings (SSSR count). The van der Waals surface area contributed by atoms with Crippen LogP contribution in [0.2, 0.25) is 0 Å². The lowest BCUT2D eigenvalue weighted by Gasteiger charge is -2.24. The van der Waals surface area contributed by atoms with E-state index in [9.17, 15) is 14.7 Å². The molecule has 1 saturated heterocycles. The van der Waals surface area contributed by atoms with E-state index in [1.54, 1.807) is 36.4 Å². The van der Waals surface area contributed by atoms with Crippen molar-refractivity contribution in [3.8, 4) is 17.2 Å². The van der Waals surface area contributed by atoms with Gasteiger partial charge in [-0.1, -0.05) is 32.0 Å². The molecule has 2 heterocycles. The first-order chi connectivity index (χ1) is 19.2. The number of aromatic amines is 1. The number of ether oxygens (including phenoxy) is 3. The molecule has 1 aliphatic rings. The first-order valence-electron chi connectivity index (χ1n) is 12.9. The number of carbonyl (C=O) groups excluding carboxylic acids is 2. The Morgan fingerprint density at radius 2 is 1.73 bits per heavy atom. The molecule has 0 spiro atoms. The number of hydrogen-bond donors (Lipinski definition) is 2. The molecule has 0 bridgehead atoms. The highest BCUT2D eigenvalue weighted by Gasteiger charge is 2.48. The summed E-state index contributed by atoms with van der Waals surface area (Å²) in [6.07, 6.45) is 0. The Balaban J connectivity index is 1.68. The van der Waals surface area contributed by atoms with Crippen LogP contribution in [0.1, 0.15) is 36.6 Å². The molecule has 1 aromatic heterocycles. The minimum Gasteiger partial charge on any atom is -0.507 e. The first kappa shape index (κ1) is 26.8. The fourth-order valence-electron chi connectivity index (χ4n) is 4.81. The van der Waals surface area contributed by atoms with Crippen molar-refractivity contribution in [2.24, 2.45) is 5.92 Å². The molecular formula is C31H31N3O6. The fraction of sp³-hybridized carbons (Fsp3) is 0.258. The van der Waals surface area contributed by atoms with Gasteiger partial charge >= 0.3 is 5.91 Å². The third kappa shape index (κ3) is 4.75. The molecule has 9 nitrogen and oxygen atoms in total. The van der Waals surface area contributed by atoms with Gasteiger partial charge in [-0.25, -0.2) is 4.98 Å². The minimum absolute atomic E-state index is 0.0621. The van der Waals surface area contributed by atoms with Gasteiger partial charge in [-0.2, -0.15) is 0 Å². The molecule has 1 amide bonds. The summed E-state index contributed by atoms with van der Waals surface area (Å²) in [6.45, 7) is 6.54. The van der Waals surface area contributed by atoms with E-state index in [-0.39, 0.29) is 17.3 Å². The number of imidazole rings is 1. The van der Waals surface area contributed by atoms with Gasteiger partial charge in [-0.05, 0) is 66.4 Å². The van der Waals surface area contributed by atoms with Gasteiger partial charge in [0.1, 0.15) is 11.5 Å². The summed E-state index contributed by atoms with van der Waals surface area (Å²) in [7, 11) is 3.03. The van der Waals surface area contributed by atoms with Crippen molar-refractivity contribution < 1.29 is 28.9 Å². The maximum absolute atomic E-state index is 13.6. The van der Waals surface area contributed by atoms with E-state index >= 15 is 0 Å². The second-order valence-electron chi connectivity index (χ2n) is 10.0. The van der Waals surface area contributed by atoms with E-state index in [1.165, 1.54) is 19.1 Å². The van der Waals surface area contributed by atoms with Crippen LogP contribution in [0.3, 0.4) is 0 Å². The Hall–Kier alpha value is -4.79. The van der Waals surface area contributed by atoms with Gasteiger partial charge in [0.05, 0.1) is 43.5 Å². The molecular weight excluding hydrogens is 510 g/mol. The quantitative estimate of drug-likeness (QED) is 0.171. The number of aliphatic hydroxyl groups excluding tert-OH is 1. The molecule has 1 fully saturated rings. The zero-order valence-electron chi connectivity index (χ0n) is 23.0. The van der Waals surface area contributed by atoms with Gasteiger partial charge in [0, 0.05) is 5.56 Å². The van der Waals surface area contributed by atoms with Gasteiger partial charge in [0.25, 0.3) is 5.78 Å². The molecule has 0 radical (unpaired) electrons. The Morgan fingerprint density at radius 3 is 2.40 bits per heavy atom. The third-order valence-corrected chi connectivity index (χ3v) is 6.79. The number of fused-ring (bicyclic) bond motifs is 1. The predicted molar refractivity (Wildman–Crippen MR) is 152 cm³/mol. The van der Waals surface area contributed by atoms with Crippen LogP contribution in [0.25, 0.3) is 16.8 Å². The molecule has 4 aromatic rings. The van der Waals surface area contributed by atoms with E-state index < -0.39 is 17.7 Å². The number of H-pyrrole nitrogens is 1. The number of aromatic nitrogens is 2. The van der Waals surface area contributed by atoms with Crippen molar-refractivity contribution in [1.82, 2.24) is 9.97 Å². The smallest absolute Gasteiger partial charge is 0.302 e. The summed E-state index contributed by atoms with van der Waals surface area (Å²) in [6, 6.07) is 16.6. The van der Waals surface area contributed by atoms with Crippen molar-refractivity contribution in [2.45, 2.75) is 26.8 Å². The lowest BCUT2D eigenvalue weighted by atomic mass is 9.94. The molecule has 206 valence electrons. The molecule has 2 N–H and O–H groups in total. The zero-order valence-corrected chi connectivity index (χ0v) is 23.0. The Labute approximate surface area is 232 Å². The SMILES string of the molecule is COc1ccc(C2/C(=C(\O)c3ccc(OCC(C)C)c(C)c3)C(=O)C(=O)N2c2nc3ccccc3[nH]2)cc1OC. The lowest BCUT2D eigenvalue weighted by Crippen LogP contribution is -2.30. The minimum atomic E-state index is -0.988. The number of nitrogens with one attached hydrogen (secondary N) is 1. The number of carbonyl (C=O) groups is 2. The highest BCUT2D eigenvalue weighted by Crippen LogP contribution is 2.44. The van der Waals surface area contributed by atoms with Crippen LogP contribution in [-0.4, -0.2) is 47.6 Å². The summed E-state index contributed by atoms with van der Waals surface area (Å²) in [5.74, 6) is 0.195. The van der Waals surface area contributed by atoms with Gasteiger partial charge < -0.3 is 24.3 Å². The van der Waals surface area contributed by atoms with Crippen molar-refractivity contribution in [2.75, 3.05) is 25.7 Å². The lowest BCUT2D eigenvalue weighted by molar-refractivity contribution is -0.132. The number of hydrogen-bond acceptors (Lipinski definition) is 7. The Morgan fingerprint density at radius 1 is 1.00 bits per heavy atom. The highest BCUT2D eigenvalue weighted by molar-refractivity contribution is 6.51. The predicted octanol–water partition coefficient (Wildman–Crippen LogP) is 5.55. The largest absolute Gasteiger partial charge is 0.507 e. The van der Waals surface area contributed by atoms with E-state index in [2.05, 4.69) is 23.8 Å². The van der Waals surface area contributed by atoms with Gasteiger partial charge in [0.2, 0.25) is 5.95 Å². The summed E-state index contributed by atoms with van der Waals surface area (Å²) >= 11 is 0. The number of Topliss-reactive ketones (excluding diaryl/α,β-unsaturated/α-hetero) is 1. The van der Waals surface area contributed by atoms with E-state index in [4.69, 9.17) is 14.2 Å². The number of ketones is 1. The summed E-state index contributed by atoms with van der Waals surface area (Å²) in [5.41, 5.74) is 3.00. The number of benzene rings is 3. The molecule has 40 heavy (non-hydrogen) atoms. The molecule has 1 aliphatic heterocycles. The number of aliphatic hydroxyl groups is 1. The first-order valence-corrected chi connectivity index (χ1v) is 12.9. The summed E-state index contributed by atoms with van der Waals surface area (Å²) in [4.78, 5) is 36.1. The number of rotatable bonds is 8. The van der Waals surface area contributed by atoms with E-state index in [0.717, 1.165) is 5.56 Å². The maximum Gasteiger partial charge on any atom is 0.302 e. The molecule has 3 aromatic carbocycles. The number of methoxy groups -OCH3 is 2. The van der Waals surface area contributed by atoms with Crippen LogP contribution in [0, 0.1) is 12.8 Å². The van der Waals surface area contributed by atoms with Crippen LogP contribution >= 0.6 is 0 Å². The standard InChI is InChI=1S/C31H31N3O6/c1-17(2)16-40-23-12-11-20(14-18(23)3)28(35)26-27(19-10-13-24(38-4)25(15-19)39-5)34(30(37)29(26)36)31-32-21-8-6-7-9-22(21)33-31/h6-15,17,27,35H,16H2,1-5H3,(H,32,33)/b28-26+. The third-order valence-electron chi connectivity index (χ3n) is 6.79. The number of amides is 1. The maximum atomic E-state index is 13.6. The number of para-hydroxylation sites is 2. The Kier molecular flexibility index (Phi) is 7.21. The zero-order chi connectivity index (χ0) is 28.6. The average molecular weight is 542 g/mol. The molecule has 1 atom stereocenters. The van der Waals surface area contributed by atoms with Crippen LogP contribution in [0.15, 0.2) is 66.2 Å². The molecule has 0 aliphatic carbocycles. The van der Waals surface area contributed by atoms with Crippen molar-refractivity contribution in [1.29, 1.82) is 0 Å². The second-order valence-corrected chi connectivity index (χ2v) is 10.0. The van der Waals surface area contributed by atoms with Crippen LogP contribution in [0.5, 0.6) is 17.2 Å². The fourth-order valence-corrected chi connectivity index (χ4v) is 4.81. The van der Waals surface area contributed by atoms with E-state index in [1.807, 2.05) is 31.2 Å². The van der Waals surface area contributed by atoms with Crippen LogP contribution in [-0.2, 0) is 9.59 Å². The topological polar surface area (TPSA) is 114 Å². The monoisotopic (exact) mass is 541 g/mol. The number of aryl methyl sites for hydroxylation is 1.